The molecular weight excluding hydrogens is 1100 g/mol. The molecule has 9 rings (SSSR count). The molecule has 5 heterocycles. The monoisotopic (exact) mass is 1200 g/mol. The second-order valence-electron chi connectivity index (χ2n) is 25.6. The van der Waals surface area contributed by atoms with Gasteiger partial charge in [-0.05, 0) is 111 Å². The molecule has 0 radical (unpaired) electrons. The van der Waals surface area contributed by atoms with E-state index >= 15 is 0 Å². The van der Waals surface area contributed by atoms with Crippen LogP contribution in [-0.4, -0.2) is 242 Å². The second-order valence-corrected chi connectivity index (χ2v) is 25.6. The number of carbonyl (C=O) groups is 2. The summed E-state index contributed by atoms with van der Waals surface area (Å²) in [4.78, 5) is 26.6. The van der Waals surface area contributed by atoms with Crippen molar-refractivity contribution >= 4 is 11.8 Å². The number of ether oxygens (including phenoxy) is 15. The number of methoxy groups -OCH3 is 4. The molecule has 8 fully saturated rings. The predicted molar refractivity (Wildman–Crippen MR) is 292 cm³/mol. The lowest BCUT2D eigenvalue weighted by Crippen LogP contribution is -2.66. The van der Waals surface area contributed by atoms with Gasteiger partial charge in [0.05, 0.1) is 54.9 Å². The lowest BCUT2D eigenvalue weighted by atomic mass is 9.45. The molecule has 84 heavy (non-hydrogen) atoms. The van der Waals surface area contributed by atoms with Gasteiger partial charge >= 0.3 is 5.97 Å². The van der Waals surface area contributed by atoms with Gasteiger partial charge in [-0.3, -0.25) is 4.79 Å². The minimum absolute atomic E-state index is 0.0187. The molecule has 5 aliphatic heterocycles. The maximum absolute atomic E-state index is 13.4. The van der Waals surface area contributed by atoms with E-state index in [0.717, 1.165) is 12.8 Å². The van der Waals surface area contributed by atoms with Crippen molar-refractivity contribution in [2.45, 2.75) is 279 Å². The molecule has 0 aromatic carbocycles. The van der Waals surface area contributed by atoms with E-state index in [0.29, 0.717) is 44.1 Å². The number of ketones is 1. The van der Waals surface area contributed by atoms with Crippen LogP contribution in [0, 0.1) is 28.6 Å². The van der Waals surface area contributed by atoms with Crippen molar-refractivity contribution < 1.29 is 116 Å². The van der Waals surface area contributed by atoms with Gasteiger partial charge < -0.3 is 107 Å². The zero-order valence-corrected chi connectivity index (χ0v) is 51.0. The van der Waals surface area contributed by atoms with E-state index in [1.54, 1.807) is 54.9 Å². The van der Waals surface area contributed by atoms with E-state index in [2.05, 4.69) is 13.0 Å². The summed E-state index contributed by atoms with van der Waals surface area (Å²) >= 11 is 0. The Kier molecular flexibility index (Phi) is 21.0. The quantitative estimate of drug-likeness (QED) is 0.0587. The van der Waals surface area contributed by atoms with Gasteiger partial charge in [0.15, 0.2) is 31.5 Å². The number of aliphatic hydroxyl groups is 7. The molecule has 0 aromatic heterocycles. The number of aliphatic hydroxyl groups excluding tert-OH is 6. The Bertz CT molecular complexity index is 2310. The van der Waals surface area contributed by atoms with Crippen LogP contribution in [0.15, 0.2) is 23.3 Å². The average Bonchev–Trinajstić information content (AvgIpc) is 1.37. The fourth-order valence-electron chi connectivity index (χ4n) is 16.0. The van der Waals surface area contributed by atoms with Crippen LogP contribution >= 0.6 is 0 Å². The molecule has 0 spiro atoms. The summed E-state index contributed by atoms with van der Waals surface area (Å²) in [6.45, 7) is 15.8. The number of rotatable bonds is 18. The largest absolute Gasteiger partial charge is 0.458 e. The normalized spacial score (nSPS) is 50.8. The molecule has 0 unspecified atom stereocenters. The third-order valence-electron chi connectivity index (χ3n) is 21.1. The summed E-state index contributed by atoms with van der Waals surface area (Å²) in [6, 6.07) is 0. The minimum atomic E-state index is -1.70. The first-order chi connectivity index (χ1) is 39.8. The molecular formula is C60H96O24. The first kappa shape index (κ1) is 66.2. The lowest BCUT2D eigenvalue weighted by Gasteiger charge is -2.63. The van der Waals surface area contributed by atoms with E-state index in [9.17, 15) is 45.3 Å². The number of esters is 1. The molecule has 0 amide bonds. The van der Waals surface area contributed by atoms with Crippen molar-refractivity contribution in [1.82, 2.24) is 0 Å². The fourth-order valence-corrected chi connectivity index (χ4v) is 16.0. The van der Waals surface area contributed by atoms with Gasteiger partial charge in [-0.1, -0.05) is 31.6 Å². The topological polar surface area (TPSA) is 314 Å². The standard InChI is InChI=1S/C60H96O24/c1-14-26(2)54(68)80-40-22-36-35(60(69)20-18-34(27(3)62)59(40,60)9)16-15-32-21-33(17-19-58(32,36)8)78-41-23-37(70-10)48(28(4)74-41)81-42-24-38(71-11)49(29(5)75-42)82-56-46(66)52(72-12)51(31(7)76-56)84-57-47(67)53(73-13)50(30(6)77-57)83-55-45(65)44(64)43(63)39(25-61)79-55/h14-15,28-31,33-53,55-57,61,63-67,69H,16-25H2,1-13H3/b26-14+/t28-,29-,30-,31-,33+,34-,35-,36+,37+,38+,39-,40-,41+,42+,43-,44+,45-,46-,47-,48-,49-,50-,51-,52-,53-,55+,56+,57+,58+,59+,60+/m1/s1. The minimum Gasteiger partial charge on any atom is -0.458 e. The molecule has 24 heteroatoms. The van der Waals surface area contributed by atoms with Gasteiger partial charge in [-0.25, -0.2) is 4.79 Å². The van der Waals surface area contributed by atoms with Crippen molar-refractivity contribution in [3.05, 3.63) is 23.3 Å². The highest BCUT2D eigenvalue weighted by Gasteiger charge is 2.72. The third-order valence-corrected chi connectivity index (χ3v) is 21.1. The van der Waals surface area contributed by atoms with Crippen LogP contribution in [-0.2, 0) is 80.6 Å². The van der Waals surface area contributed by atoms with Crippen LogP contribution in [0.3, 0.4) is 0 Å². The SMILES string of the molecule is C/C=C(\C)C(=O)O[C@@H]1C[C@H]2[C@@H](CC=C3C[C@@H](O[C@H]4C[C@H](OC)[C@H](O[C@H]5C[C@H](OC)[C@H](O[C@@H]6O[C@H](C)[C@@H](O[C@@H]7O[C@H](C)[C@@H](O[C@@H]8O[C@H](CO)[C@@H](O)[C@H](O)[C@H]8O)[C@H](OC)[C@H]7O)[C@H](OC)[C@H]6O)[C@@H](C)O5)[C@@H](C)O4)CC[C@@]32C)[C@@]2(O)CC[C@H](C(C)=O)[C@@]12C. The van der Waals surface area contributed by atoms with Crippen LogP contribution in [0.5, 0.6) is 0 Å². The Balaban J connectivity index is 0.780. The number of allylic oxidation sites excluding steroid dienone is 2. The molecule has 0 aromatic rings. The smallest absolute Gasteiger partial charge is 0.333 e. The van der Waals surface area contributed by atoms with E-state index in [1.807, 2.05) is 20.8 Å². The molecule has 5 saturated heterocycles. The molecule has 3 saturated carbocycles. The predicted octanol–water partition coefficient (Wildman–Crippen LogP) is 2.02. The summed E-state index contributed by atoms with van der Waals surface area (Å²) in [5.74, 6) is -0.873. The Hall–Kier alpha value is -2.22. The summed E-state index contributed by atoms with van der Waals surface area (Å²) in [7, 11) is 5.91. The van der Waals surface area contributed by atoms with Crippen molar-refractivity contribution in [3.63, 3.8) is 0 Å². The number of carbonyl (C=O) groups excluding carboxylic acids is 2. The number of hydrogen-bond acceptors (Lipinski definition) is 24. The summed E-state index contributed by atoms with van der Waals surface area (Å²) in [5, 5.41) is 77.1. The van der Waals surface area contributed by atoms with Crippen LogP contribution in [0.25, 0.3) is 0 Å². The van der Waals surface area contributed by atoms with Gasteiger partial charge in [-0.15, -0.1) is 0 Å². The summed E-state index contributed by atoms with van der Waals surface area (Å²) in [5.41, 5.74) is -0.606. The zero-order chi connectivity index (χ0) is 61.1. The summed E-state index contributed by atoms with van der Waals surface area (Å²) in [6.07, 6.45) is -15.7. The van der Waals surface area contributed by atoms with Crippen LogP contribution in [0.4, 0.5) is 0 Å². The van der Waals surface area contributed by atoms with Gasteiger partial charge in [0.25, 0.3) is 0 Å². The van der Waals surface area contributed by atoms with Crippen LogP contribution in [0.1, 0.15) is 120 Å². The maximum atomic E-state index is 13.4. The average molecular weight is 1200 g/mol. The molecule has 31 atom stereocenters. The van der Waals surface area contributed by atoms with Gasteiger partial charge in [0, 0.05) is 58.2 Å². The summed E-state index contributed by atoms with van der Waals surface area (Å²) < 4.78 is 93.0. The molecule has 0 bridgehead atoms. The first-order valence-corrected chi connectivity index (χ1v) is 30.3. The lowest BCUT2D eigenvalue weighted by molar-refractivity contribution is -0.383. The van der Waals surface area contributed by atoms with Gasteiger partial charge in [0.1, 0.15) is 85.1 Å². The van der Waals surface area contributed by atoms with Crippen LogP contribution in [0.2, 0.25) is 0 Å². The highest BCUT2D eigenvalue weighted by atomic mass is 16.8. The number of fused-ring (bicyclic) bond motifs is 5. The molecule has 7 N–H and O–H groups in total. The third kappa shape index (κ3) is 12.2. The Morgan fingerprint density at radius 1 is 0.619 bits per heavy atom. The van der Waals surface area contributed by atoms with Gasteiger partial charge in [-0.2, -0.15) is 0 Å². The number of Topliss-reactive ketones (excluding diaryl/α,β-unsaturated/α-hetero) is 1. The van der Waals surface area contributed by atoms with Crippen molar-refractivity contribution in [1.29, 1.82) is 0 Å². The molecule has 9 aliphatic rings. The number of hydrogen-bond donors (Lipinski definition) is 7. The highest BCUT2D eigenvalue weighted by molar-refractivity contribution is 5.88. The highest BCUT2D eigenvalue weighted by Crippen LogP contribution is 2.69. The molecule has 24 nitrogen and oxygen atoms in total. The first-order valence-electron chi connectivity index (χ1n) is 30.3. The zero-order valence-electron chi connectivity index (χ0n) is 51.0. The van der Waals surface area contributed by atoms with Crippen molar-refractivity contribution in [3.8, 4) is 0 Å². The maximum Gasteiger partial charge on any atom is 0.333 e. The molecule has 4 aliphatic carbocycles. The molecule has 480 valence electrons. The van der Waals surface area contributed by atoms with E-state index in [1.165, 1.54) is 19.8 Å². The van der Waals surface area contributed by atoms with Gasteiger partial charge in [0.2, 0.25) is 0 Å². The second kappa shape index (κ2) is 26.7. The Labute approximate surface area is 492 Å². The van der Waals surface area contributed by atoms with E-state index in [-0.39, 0.29) is 35.6 Å². The van der Waals surface area contributed by atoms with Crippen molar-refractivity contribution in [2.75, 3.05) is 35.0 Å². The van der Waals surface area contributed by atoms with E-state index in [4.69, 9.17) is 71.1 Å². The Morgan fingerprint density at radius 3 is 1.67 bits per heavy atom. The van der Waals surface area contributed by atoms with Crippen LogP contribution < -0.4 is 0 Å². The Morgan fingerprint density at radius 2 is 1.14 bits per heavy atom. The van der Waals surface area contributed by atoms with Crippen molar-refractivity contribution in [2.24, 2.45) is 28.6 Å². The fraction of sp³-hybridized carbons (Fsp3) is 0.900. The van der Waals surface area contributed by atoms with E-state index < -0.39 is 177 Å².